The Balaban J connectivity index is 1.62. The van der Waals surface area contributed by atoms with E-state index in [2.05, 4.69) is 39.3 Å². The predicted molar refractivity (Wildman–Crippen MR) is 127 cm³/mol. The molecule has 1 fully saturated rings. The number of likely N-dealkylation sites (N-methyl/N-ethyl adjacent to an activating group) is 1. The number of pyridine rings is 1. The van der Waals surface area contributed by atoms with Gasteiger partial charge in [-0.15, -0.1) is 11.3 Å². The molecule has 4 heterocycles. The molecule has 2 atom stereocenters. The van der Waals surface area contributed by atoms with E-state index in [0.29, 0.717) is 12.3 Å². The molecule has 7 heteroatoms. The minimum absolute atomic E-state index is 0.0571. The lowest BCUT2D eigenvalue weighted by Gasteiger charge is -2.44. The zero-order valence-electron chi connectivity index (χ0n) is 17.1. The predicted octanol–water partition coefficient (Wildman–Crippen LogP) is 6.20. The van der Waals surface area contributed by atoms with E-state index in [1.807, 2.05) is 36.4 Å². The standard InChI is InChI=1S/C24H20BrN3O2S/c1-24(20-10-16(13-31-20)18-5-4-17(25)12-27-18)11-21(26)28(2)23(29)22(24)15-3-6-19-14(9-15)7-8-30-19/h3-10,12-13,22,26H,11H2,1-2H3/t22?,24-/m1/s1. The molecule has 31 heavy (non-hydrogen) atoms. The second-order valence-electron chi connectivity index (χ2n) is 8.15. The fraction of sp³-hybridized carbons (Fsp3) is 0.208. The van der Waals surface area contributed by atoms with Gasteiger partial charge in [-0.1, -0.05) is 13.0 Å². The molecule has 0 saturated carbocycles. The number of halogens is 1. The number of thiophene rings is 1. The first-order valence-electron chi connectivity index (χ1n) is 9.90. The van der Waals surface area contributed by atoms with Gasteiger partial charge >= 0.3 is 0 Å². The summed E-state index contributed by atoms with van der Waals surface area (Å²) in [6.45, 7) is 2.10. The van der Waals surface area contributed by atoms with Crippen LogP contribution in [0.3, 0.4) is 0 Å². The van der Waals surface area contributed by atoms with Gasteiger partial charge in [-0.3, -0.25) is 15.2 Å². The van der Waals surface area contributed by atoms with Crippen molar-refractivity contribution in [1.29, 1.82) is 5.41 Å². The van der Waals surface area contributed by atoms with Gasteiger partial charge in [0.05, 0.1) is 17.9 Å². The van der Waals surface area contributed by atoms with Crippen molar-refractivity contribution in [2.75, 3.05) is 7.05 Å². The number of amides is 1. The Hall–Kier alpha value is -2.77. The summed E-state index contributed by atoms with van der Waals surface area (Å²) in [4.78, 5) is 20.5. The highest BCUT2D eigenvalue weighted by Crippen LogP contribution is 2.49. The largest absolute Gasteiger partial charge is 0.464 e. The van der Waals surface area contributed by atoms with Crippen LogP contribution in [-0.2, 0) is 10.2 Å². The number of hydrogen-bond donors (Lipinski definition) is 1. The van der Waals surface area contributed by atoms with Crippen LogP contribution in [0.25, 0.3) is 22.2 Å². The first kappa shape index (κ1) is 20.2. The van der Waals surface area contributed by atoms with Crippen molar-refractivity contribution in [3.63, 3.8) is 0 Å². The second-order valence-corrected chi connectivity index (χ2v) is 9.98. The molecule has 1 N–H and O–H groups in total. The molecule has 1 aliphatic heterocycles. The summed E-state index contributed by atoms with van der Waals surface area (Å²) >= 11 is 5.05. The van der Waals surface area contributed by atoms with E-state index in [1.54, 1.807) is 30.8 Å². The summed E-state index contributed by atoms with van der Waals surface area (Å²) < 4.78 is 6.42. The highest BCUT2D eigenvalue weighted by Gasteiger charge is 2.49. The SMILES string of the molecule is CN1C(=N)C[C@](C)(c2cc(-c3ccc(Br)cn3)cs2)C(c2ccc3occc3c2)C1=O. The fourth-order valence-electron chi connectivity index (χ4n) is 4.39. The van der Waals surface area contributed by atoms with Crippen LogP contribution >= 0.6 is 27.3 Å². The molecular weight excluding hydrogens is 474 g/mol. The highest BCUT2D eigenvalue weighted by molar-refractivity contribution is 9.10. The van der Waals surface area contributed by atoms with E-state index in [0.717, 1.165) is 37.1 Å². The third kappa shape index (κ3) is 3.32. The Morgan fingerprint density at radius 2 is 2.10 bits per heavy atom. The lowest BCUT2D eigenvalue weighted by molar-refractivity contribution is -0.131. The average Bonchev–Trinajstić information content (AvgIpc) is 3.42. The minimum Gasteiger partial charge on any atom is -0.464 e. The molecule has 0 aliphatic carbocycles. The van der Waals surface area contributed by atoms with Crippen LogP contribution < -0.4 is 0 Å². The fourth-order valence-corrected chi connectivity index (χ4v) is 5.72. The van der Waals surface area contributed by atoms with E-state index in [1.165, 1.54) is 4.90 Å². The van der Waals surface area contributed by atoms with E-state index < -0.39 is 11.3 Å². The number of fused-ring (bicyclic) bond motifs is 1. The lowest BCUT2D eigenvalue weighted by atomic mass is 9.67. The van der Waals surface area contributed by atoms with Crippen molar-refractivity contribution in [2.45, 2.75) is 24.7 Å². The van der Waals surface area contributed by atoms with E-state index in [9.17, 15) is 4.79 Å². The molecule has 5 nitrogen and oxygen atoms in total. The molecule has 3 aromatic heterocycles. The summed E-state index contributed by atoms with van der Waals surface area (Å²) in [6, 6.07) is 13.9. The Kier molecular flexibility index (Phi) is 4.83. The number of carbonyl (C=O) groups is 1. The van der Waals surface area contributed by atoms with E-state index in [4.69, 9.17) is 9.83 Å². The van der Waals surface area contributed by atoms with Crippen LogP contribution in [0.4, 0.5) is 0 Å². The molecule has 4 aromatic rings. The molecule has 5 rings (SSSR count). The number of nitrogens with one attached hydrogen (secondary N) is 1. The summed E-state index contributed by atoms with van der Waals surface area (Å²) in [6.07, 6.45) is 3.93. The van der Waals surface area contributed by atoms with Crippen LogP contribution in [0.15, 0.2) is 69.2 Å². The zero-order valence-corrected chi connectivity index (χ0v) is 19.5. The van der Waals surface area contributed by atoms with Crippen molar-refractivity contribution in [2.24, 2.45) is 0 Å². The molecule has 0 bridgehead atoms. The van der Waals surface area contributed by atoms with Gasteiger partial charge in [0.25, 0.3) is 0 Å². The molecular formula is C24H20BrN3O2S. The normalized spacial score (nSPS) is 21.8. The number of carbonyl (C=O) groups excluding carboxylic acids is 1. The third-order valence-electron chi connectivity index (χ3n) is 6.15. The number of benzene rings is 1. The number of furan rings is 1. The molecule has 1 saturated heterocycles. The number of piperidine rings is 1. The summed E-state index contributed by atoms with van der Waals surface area (Å²) in [5, 5.41) is 11.5. The summed E-state index contributed by atoms with van der Waals surface area (Å²) in [5.41, 5.74) is 3.12. The Bertz CT molecular complexity index is 1310. The Morgan fingerprint density at radius 3 is 2.87 bits per heavy atom. The first-order chi connectivity index (χ1) is 14.9. The summed E-state index contributed by atoms with van der Waals surface area (Å²) in [7, 11) is 1.69. The molecule has 1 aliphatic rings. The molecule has 1 amide bonds. The minimum atomic E-state index is -0.531. The average molecular weight is 494 g/mol. The van der Waals surface area contributed by atoms with Gasteiger partial charge in [-0.25, -0.2) is 0 Å². The summed E-state index contributed by atoms with van der Waals surface area (Å²) in [5.74, 6) is -0.113. The van der Waals surface area contributed by atoms with Gasteiger partial charge in [0, 0.05) is 50.8 Å². The number of nitrogens with zero attached hydrogens (tertiary/aromatic N) is 2. The van der Waals surface area contributed by atoms with Gasteiger partial charge < -0.3 is 9.32 Å². The number of likely N-dealkylation sites (tertiary alicyclic amines) is 1. The maximum absolute atomic E-state index is 13.5. The molecule has 1 aromatic carbocycles. The Labute approximate surface area is 192 Å². The zero-order chi connectivity index (χ0) is 21.8. The monoisotopic (exact) mass is 493 g/mol. The van der Waals surface area contributed by atoms with E-state index in [-0.39, 0.29) is 5.91 Å². The third-order valence-corrected chi connectivity index (χ3v) is 7.83. The van der Waals surface area contributed by atoms with Gasteiger partial charge in [0.1, 0.15) is 11.4 Å². The van der Waals surface area contributed by atoms with Gasteiger partial charge in [-0.05, 0) is 57.9 Å². The number of amidine groups is 1. The van der Waals surface area contributed by atoms with Crippen LogP contribution in [-0.4, -0.2) is 28.7 Å². The van der Waals surface area contributed by atoms with Crippen LogP contribution in [0, 0.1) is 5.41 Å². The topological polar surface area (TPSA) is 70.2 Å². The van der Waals surface area contributed by atoms with Gasteiger partial charge in [0.2, 0.25) is 5.91 Å². The number of aromatic nitrogens is 1. The van der Waals surface area contributed by atoms with Crippen molar-refractivity contribution in [3.8, 4) is 11.3 Å². The van der Waals surface area contributed by atoms with Crippen LogP contribution in [0.1, 0.15) is 29.7 Å². The van der Waals surface area contributed by atoms with Crippen molar-refractivity contribution >= 4 is 50.0 Å². The highest BCUT2D eigenvalue weighted by atomic mass is 79.9. The Morgan fingerprint density at radius 1 is 1.26 bits per heavy atom. The quantitative estimate of drug-likeness (QED) is 0.369. The first-order valence-corrected chi connectivity index (χ1v) is 11.6. The number of rotatable bonds is 3. The van der Waals surface area contributed by atoms with Crippen LogP contribution in [0.2, 0.25) is 0 Å². The molecule has 156 valence electrons. The molecule has 1 unspecified atom stereocenters. The van der Waals surface area contributed by atoms with Gasteiger partial charge in [0.15, 0.2) is 0 Å². The lowest BCUT2D eigenvalue weighted by Crippen LogP contribution is -2.51. The van der Waals surface area contributed by atoms with Crippen molar-refractivity contribution < 1.29 is 9.21 Å². The van der Waals surface area contributed by atoms with Crippen molar-refractivity contribution in [3.05, 3.63) is 75.2 Å². The maximum atomic E-state index is 13.5. The second kappa shape index (κ2) is 7.43. The molecule has 0 radical (unpaired) electrons. The maximum Gasteiger partial charge on any atom is 0.236 e. The van der Waals surface area contributed by atoms with Crippen LogP contribution in [0.5, 0.6) is 0 Å². The molecule has 0 spiro atoms. The van der Waals surface area contributed by atoms with Gasteiger partial charge in [-0.2, -0.15) is 0 Å². The van der Waals surface area contributed by atoms with Crippen molar-refractivity contribution in [1.82, 2.24) is 9.88 Å². The smallest absolute Gasteiger partial charge is 0.236 e. The number of hydrogen-bond acceptors (Lipinski definition) is 5. The van der Waals surface area contributed by atoms with E-state index >= 15 is 0 Å².